The molecule has 0 aromatic carbocycles. The molecule has 0 saturated carbocycles. The Morgan fingerprint density at radius 1 is 0.839 bits per heavy atom. The van der Waals surface area contributed by atoms with E-state index < -0.39 is 28.0 Å². The number of nitrogens with one attached hydrogen (secondary N) is 1. The predicted molar refractivity (Wildman–Crippen MR) is 129 cm³/mol. The lowest BCUT2D eigenvalue weighted by Gasteiger charge is -2.21. The van der Waals surface area contributed by atoms with E-state index in [4.69, 9.17) is 4.55 Å². The normalized spacial score (nSPS) is 14.1. The second-order valence-corrected chi connectivity index (χ2v) is 10.1. The summed E-state index contributed by atoms with van der Waals surface area (Å²) >= 11 is 0. The summed E-state index contributed by atoms with van der Waals surface area (Å²) in [7, 11) is -4.31. The minimum atomic E-state index is -4.31. The number of aliphatic hydroxyl groups is 1. The molecule has 0 bridgehead atoms. The number of aliphatic hydroxyl groups excluding tert-OH is 1. The van der Waals surface area contributed by atoms with Crippen LogP contribution in [0.4, 0.5) is 0 Å². The lowest BCUT2D eigenvalue weighted by Crippen LogP contribution is -2.46. The van der Waals surface area contributed by atoms with Crippen molar-refractivity contribution in [3.63, 3.8) is 0 Å². The third-order valence-electron chi connectivity index (χ3n) is 5.46. The lowest BCUT2D eigenvalue weighted by molar-refractivity contribution is -0.122. The highest BCUT2D eigenvalue weighted by atomic mass is 32.2. The van der Waals surface area contributed by atoms with Crippen molar-refractivity contribution in [1.82, 2.24) is 5.32 Å². The van der Waals surface area contributed by atoms with Crippen molar-refractivity contribution >= 4 is 16.0 Å². The molecule has 0 aliphatic rings. The molecule has 1 amide bonds. The predicted octanol–water partition coefficient (Wildman–Crippen LogP) is 5.56. The Morgan fingerprint density at radius 3 is 1.84 bits per heavy atom. The zero-order valence-electron chi connectivity index (χ0n) is 19.9. The molecule has 0 aliphatic heterocycles. The first-order valence-corrected chi connectivity index (χ1v) is 14.0. The summed E-state index contributed by atoms with van der Waals surface area (Å²) < 4.78 is 31.7. The highest BCUT2D eigenvalue weighted by molar-refractivity contribution is 7.85. The van der Waals surface area contributed by atoms with Crippen LogP contribution in [0.25, 0.3) is 0 Å². The van der Waals surface area contributed by atoms with Crippen LogP contribution in [0.1, 0.15) is 117 Å². The van der Waals surface area contributed by atoms with E-state index in [1.165, 1.54) is 51.0 Å². The molecule has 0 heterocycles. The molecule has 3 N–H and O–H groups in total. The molecule has 0 aromatic rings. The van der Waals surface area contributed by atoms with Crippen LogP contribution in [0, 0.1) is 0 Å². The summed E-state index contributed by atoms with van der Waals surface area (Å²) in [4.78, 5) is 12.2. The Morgan fingerprint density at radius 2 is 1.32 bits per heavy atom. The number of rotatable bonds is 21. The highest BCUT2D eigenvalue weighted by Crippen LogP contribution is 2.12. The van der Waals surface area contributed by atoms with Crippen molar-refractivity contribution in [2.75, 3.05) is 5.75 Å². The van der Waals surface area contributed by atoms with Gasteiger partial charge in [0.1, 0.15) is 0 Å². The topological polar surface area (TPSA) is 104 Å². The average Bonchev–Trinajstić information content (AvgIpc) is 2.70. The zero-order valence-corrected chi connectivity index (χ0v) is 20.7. The maximum absolute atomic E-state index is 12.2. The smallest absolute Gasteiger partial charge is 0.267 e. The Balaban J connectivity index is 4.18. The largest absolute Gasteiger partial charge is 0.387 e. The number of carbonyl (C=O) groups is 1. The summed E-state index contributed by atoms with van der Waals surface area (Å²) in [6, 6.07) is -1.04. The lowest BCUT2D eigenvalue weighted by atomic mass is 10.1. The van der Waals surface area contributed by atoms with Gasteiger partial charge in [0.05, 0.1) is 17.9 Å². The molecule has 2 unspecified atom stereocenters. The first kappa shape index (κ1) is 30.1. The van der Waals surface area contributed by atoms with Crippen molar-refractivity contribution < 1.29 is 22.9 Å². The minimum absolute atomic E-state index is 0.288. The molecule has 0 fully saturated rings. The van der Waals surface area contributed by atoms with Gasteiger partial charge in [-0.15, -0.1) is 0 Å². The van der Waals surface area contributed by atoms with E-state index in [2.05, 4.69) is 19.2 Å². The SMILES string of the molecule is CCCCCC/C=C/C(O)C(CS(=O)(=O)O)NC(=O)CCCCCCCCCCCC. The summed E-state index contributed by atoms with van der Waals surface area (Å²) in [5, 5.41) is 12.9. The third kappa shape index (κ3) is 20.7. The number of carbonyl (C=O) groups excluding carboxylic acids is 1. The van der Waals surface area contributed by atoms with Gasteiger partial charge >= 0.3 is 0 Å². The quantitative estimate of drug-likeness (QED) is 0.118. The van der Waals surface area contributed by atoms with Crippen molar-refractivity contribution in [1.29, 1.82) is 0 Å². The summed E-state index contributed by atoms with van der Waals surface area (Å²) in [5.41, 5.74) is 0. The van der Waals surface area contributed by atoms with Gasteiger partial charge in [0.25, 0.3) is 10.1 Å². The second-order valence-electron chi connectivity index (χ2n) is 8.62. The van der Waals surface area contributed by atoms with Gasteiger partial charge in [-0.3, -0.25) is 9.35 Å². The van der Waals surface area contributed by atoms with Gasteiger partial charge < -0.3 is 10.4 Å². The van der Waals surface area contributed by atoms with Crippen LogP contribution in [0.2, 0.25) is 0 Å². The molecule has 2 atom stereocenters. The standard InChI is InChI=1S/C24H47NO5S/c1-3-5-7-9-11-12-13-14-16-18-20-24(27)25-22(21-31(28,29)30)23(26)19-17-15-10-8-6-4-2/h17,19,22-23,26H,3-16,18,20-21H2,1-2H3,(H,25,27)(H,28,29,30)/b19-17+. The third-order valence-corrected chi connectivity index (χ3v) is 6.24. The fourth-order valence-corrected chi connectivity index (χ4v) is 4.30. The van der Waals surface area contributed by atoms with Crippen LogP contribution in [0.3, 0.4) is 0 Å². The fourth-order valence-electron chi connectivity index (χ4n) is 3.56. The zero-order chi connectivity index (χ0) is 23.4. The molecule has 0 aromatic heterocycles. The Hall–Kier alpha value is -0.920. The average molecular weight is 462 g/mol. The molecule has 7 heteroatoms. The van der Waals surface area contributed by atoms with Gasteiger partial charge in [0, 0.05) is 6.42 Å². The molecule has 0 spiro atoms. The first-order chi connectivity index (χ1) is 14.8. The molecule has 0 aliphatic carbocycles. The molecule has 0 radical (unpaired) electrons. The van der Waals surface area contributed by atoms with E-state index in [-0.39, 0.29) is 5.91 Å². The molecular weight excluding hydrogens is 414 g/mol. The van der Waals surface area contributed by atoms with Gasteiger partial charge in [0.2, 0.25) is 5.91 Å². The van der Waals surface area contributed by atoms with Gasteiger partial charge in [-0.05, 0) is 19.3 Å². The van der Waals surface area contributed by atoms with Crippen molar-refractivity contribution in [3.8, 4) is 0 Å². The molecule has 0 saturated heterocycles. The highest BCUT2D eigenvalue weighted by Gasteiger charge is 2.24. The van der Waals surface area contributed by atoms with Crippen LogP contribution < -0.4 is 5.32 Å². The summed E-state index contributed by atoms with van der Waals surface area (Å²) in [5.74, 6) is -0.985. The molecule has 31 heavy (non-hydrogen) atoms. The van der Waals surface area contributed by atoms with Gasteiger partial charge in [-0.25, -0.2) is 0 Å². The summed E-state index contributed by atoms with van der Waals surface area (Å²) in [6.45, 7) is 4.35. The van der Waals surface area contributed by atoms with E-state index in [0.29, 0.717) is 6.42 Å². The van der Waals surface area contributed by atoms with Crippen molar-refractivity contribution in [3.05, 3.63) is 12.2 Å². The molecule has 184 valence electrons. The number of hydrogen-bond donors (Lipinski definition) is 3. The van der Waals surface area contributed by atoms with Gasteiger partial charge in [0.15, 0.2) is 0 Å². The van der Waals surface area contributed by atoms with E-state index in [9.17, 15) is 18.3 Å². The van der Waals surface area contributed by atoms with E-state index in [1.807, 2.05) is 6.08 Å². The molecule has 0 rings (SSSR count). The fraction of sp³-hybridized carbons (Fsp3) is 0.875. The van der Waals surface area contributed by atoms with Crippen LogP contribution in [0.15, 0.2) is 12.2 Å². The van der Waals surface area contributed by atoms with E-state index in [1.54, 1.807) is 0 Å². The minimum Gasteiger partial charge on any atom is -0.387 e. The van der Waals surface area contributed by atoms with Gasteiger partial charge in [-0.2, -0.15) is 8.42 Å². The Kier molecular flexibility index (Phi) is 19.2. The first-order valence-electron chi connectivity index (χ1n) is 12.4. The molecule has 6 nitrogen and oxygen atoms in total. The van der Waals surface area contributed by atoms with Crippen LogP contribution in [-0.4, -0.2) is 41.9 Å². The van der Waals surface area contributed by atoms with Crippen molar-refractivity contribution in [2.24, 2.45) is 0 Å². The maximum atomic E-state index is 12.2. The van der Waals surface area contributed by atoms with E-state index >= 15 is 0 Å². The number of hydrogen-bond acceptors (Lipinski definition) is 4. The van der Waals surface area contributed by atoms with Crippen LogP contribution in [-0.2, 0) is 14.9 Å². The number of allylic oxidation sites excluding steroid dienone is 1. The summed E-state index contributed by atoms with van der Waals surface area (Å²) in [6.07, 6.45) is 19.4. The maximum Gasteiger partial charge on any atom is 0.267 e. The Labute approximate surface area is 191 Å². The van der Waals surface area contributed by atoms with Crippen molar-refractivity contribution in [2.45, 2.75) is 129 Å². The van der Waals surface area contributed by atoms with E-state index in [0.717, 1.165) is 51.4 Å². The number of amides is 1. The Bertz CT molecular complexity index is 562. The number of unbranched alkanes of at least 4 members (excludes halogenated alkanes) is 13. The van der Waals surface area contributed by atoms with Crippen LogP contribution in [0.5, 0.6) is 0 Å². The monoisotopic (exact) mass is 461 g/mol. The second kappa shape index (κ2) is 19.7. The van der Waals surface area contributed by atoms with Gasteiger partial charge in [-0.1, -0.05) is 103 Å². The molecular formula is C24H47NO5S. The van der Waals surface area contributed by atoms with Crippen LogP contribution >= 0.6 is 0 Å².